The lowest BCUT2D eigenvalue weighted by Gasteiger charge is -2.37. The first-order valence-electron chi connectivity index (χ1n) is 12.3. The number of likely N-dealkylation sites (tertiary alicyclic amines) is 1. The minimum atomic E-state index is -4.65. The minimum Gasteiger partial charge on any atom is -0.382 e. The van der Waals surface area contributed by atoms with Gasteiger partial charge in [0, 0.05) is 69.7 Å². The number of carbonyl (C=O) groups excluding carboxylic acids is 1. The number of alkyl halides is 3. The Hall–Kier alpha value is -3.65. The van der Waals surface area contributed by atoms with E-state index in [1.54, 1.807) is 12.1 Å². The molecule has 0 bridgehead atoms. The Labute approximate surface area is 213 Å². The molecular weight excluding hydrogens is 485 g/mol. The summed E-state index contributed by atoms with van der Waals surface area (Å²) in [5.74, 6) is 0.128. The van der Waals surface area contributed by atoms with Crippen LogP contribution in [-0.4, -0.2) is 67.6 Å². The molecular formula is C26H29F3N6O2. The smallest absolute Gasteiger partial charge is 0.382 e. The molecule has 4 rings (SSSR count). The topological polar surface area (TPSA) is 92.0 Å². The first-order chi connectivity index (χ1) is 17.8. The number of carbonyl (C=O) groups is 1. The Bertz CT molecular complexity index is 1130. The molecule has 8 nitrogen and oxygen atoms in total. The molecule has 11 heteroatoms. The highest BCUT2D eigenvalue weighted by Crippen LogP contribution is 2.38. The Morgan fingerprint density at radius 2 is 1.70 bits per heavy atom. The zero-order chi connectivity index (χ0) is 26.4. The van der Waals surface area contributed by atoms with E-state index in [9.17, 15) is 22.9 Å². The van der Waals surface area contributed by atoms with Gasteiger partial charge in [0.05, 0.1) is 17.2 Å². The van der Waals surface area contributed by atoms with Crippen LogP contribution in [0.25, 0.3) is 0 Å². The van der Waals surface area contributed by atoms with Gasteiger partial charge in [-0.05, 0) is 60.5 Å². The van der Waals surface area contributed by atoms with Crippen LogP contribution in [0.4, 0.5) is 30.2 Å². The largest absolute Gasteiger partial charge is 0.418 e. The summed E-state index contributed by atoms with van der Waals surface area (Å²) in [6, 6.07) is 13.0. The summed E-state index contributed by atoms with van der Waals surface area (Å²) in [5, 5.41) is 14.6. The van der Waals surface area contributed by atoms with Crippen molar-refractivity contribution in [3.05, 3.63) is 58.5 Å². The quantitative estimate of drug-likeness (QED) is 0.544. The predicted molar refractivity (Wildman–Crippen MR) is 135 cm³/mol. The predicted octanol–water partition coefficient (Wildman–Crippen LogP) is 4.59. The van der Waals surface area contributed by atoms with Crippen LogP contribution in [0.2, 0.25) is 0 Å². The Morgan fingerprint density at radius 3 is 2.30 bits per heavy atom. The highest BCUT2D eigenvalue weighted by atomic mass is 19.4. The van der Waals surface area contributed by atoms with Crippen molar-refractivity contribution in [2.24, 2.45) is 5.18 Å². The molecule has 0 aromatic heterocycles. The molecule has 1 amide bonds. The Kier molecular flexibility index (Phi) is 8.28. The maximum atomic E-state index is 13.2. The van der Waals surface area contributed by atoms with Gasteiger partial charge in [-0.1, -0.05) is 0 Å². The molecule has 1 N–H and O–H groups in total. The van der Waals surface area contributed by atoms with Crippen LogP contribution in [0.5, 0.6) is 0 Å². The number of nitrogens with zero attached hydrogens (tertiary/aromatic N) is 5. The summed E-state index contributed by atoms with van der Waals surface area (Å²) < 4.78 is 39.5. The molecule has 2 aromatic rings. The van der Waals surface area contributed by atoms with Crippen molar-refractivity contribution in [1.29, 1.82) is 5.26 Å². The molecule has 2 aromatic carbocycles. The SMILES string of the molecule is N#Cc1ccc(N2CCN(C(=O)CCN3CCC(Nc4ccc(N=O)c(C(F)(F)F)c4)CC3)CC2)cc1. The summed E-state index contributed by atoms with van der Waals surface area (Å²) in [4.78, 5) is 29.8. The van der Waals surface area contributed by atoms with Crippen LogP contribution in [-0.2, 0) is 11.0 Å². The van der Waals surface area contributed by atoms with Crippen molar-refractivity contribution in [2.45, 2.75) is 31.5 Å². The van der Waals surface area contributed by atoms with Crippen molar-refractivity contribution in [3.63, 3.8) is 0 Å². The van der Waals surface area contributed by atoms with Crippen molar-refractivity contribution < 1.29 is 18.0 Å². The van der Waals surface area contributed by atoms with Crippen molar-refractivity contribution in [3.8, 4) is 6.07 Å². The number of anilines is 2. The van der Waals surface area contributed by atoms with Crippen LogP contribution >= 0.6 is 0 Å². The monoisotopic (exact) mass is 514 g/mol. The van der Waals surface area contributed by atoms with Gasteiger partial charge in [0.1, 0.15) is 5.69 Å². The van der Waals surface area contributed by atoms with Crippen molar-refractivity contribution >= 4 is 23.0 Å². The number of benzene rings is 2. The van der Waals surface area contributed by atoms with E-state index in [2.05, 4.69) is 26.4 Å². The molecule has 2 aliphatic heterocycles. The maximum absolute atomic E-state index is 13.2. The summed E-state index contributed by atoms with van der Waals surface area (Å²) in [6.45, 7) is 4.95. The van der Waals surface area contributed by atoms with E-state index in [4.69, 9.17) is 5.26 Å². The lowest BCUT2D eigenvalue weighted by molar-refractivity contribution is -0.137. The zero-order valence-corrected chi connectivity index (χ0v) is 20.4. The van der Waals surface area contributed by atoms with Crippen LogP contribution < -0.4 is 10.2 Å². The normalized spacial score (nSPS) is 17.4. The van der Waals surface area contributed by atoms with Crippen LogP contribution in [0.15, 0.2) is 47.6 Å². The minimum absolute atomic E-state index is 0.0124. The second-order valence-electron chi connectivity index (χ2n) is 9.36. The first kappa shape index (κ1) is 26.4. The Balaban J connectivity index is 1.18. The molecule has 2 aliphatic rings. The van der Waals surface area contributed by atoms with Crippen molar-refractivity contribution in [1.82, 2.24) is 9.80 Å². The van der Waals surface area contributed by atoms with Gasteiger partial charge in [-0.25, -0.2) is 0 Å². The van der Waals surface area contributed by atoms with E-state index in [-0.39, 0.29) is 11.9 Å². The molecule has 2 saturated heterocycles. The molecule has 0 atom stereocenters. The van der Waals surface area contributed by atoms with Gasteiger partial charge >= 0.3 is 6.18 Å². The summed E-state index contributed by atoms with van der Waals surface area (Å²) in [7, 11) is 0. The number of hydrogen-bond acceptors (Lipinski definition) is 7. The van der Waals surface area contributed by atoms with Gasteiger partial charge in [-0.2, -0.15) is 18.4 Å². The fraction of sp³-hybridized carbons (Fsp3) is 0.462. The average molecular weight is 515 g/mol. The molecule has 0 unspecified atom stereocenters. The first-order valence-corrected chi connectivity index (χ1v) is 12.3. The van der Waals surface area contributed by atoms with E-state index in [1.165, 1.54) is 6.07 Å². The number of hydrogen-bond donors (Lipinski definition) is 1. The Morgan fingerprint density at radius 1 is 1.03 bits per heavy atom. The molecule has 0 saturated carbocycles. The lowest BCUT2D eigenvalue weighted by atomic mass is 10.0. The lowest BCUT2D eigenvalue weighted by Crippen LogP contribution is -2.49. The van der Waals surface area contributed by atoms with Gasteiger partial charge in [-0.15, -0.1) is 4.91 Å². The van der Waals surface area contributed by atoms with E-state index >= 15 is 0 Å². The van der Waals surface area contributed by atoms with Gasteiger partial charge in [0.15, 0.2) is 0 Å². The van der Waals surface area contributed by atoms with E-state index < -0.39 is 17.4 Å². The van der Waals surface area contributed by atoms with Crippen LogP contribution in [0, 0.1) is 16.2 Å². The number of piperidine rings is 1. The number of nitrogens with one attached hydrogen (secondary N) is 1. The zero-order valence-electron chi connectivity index (χ0n) is 20.4. The standard InChI is InChI=1S/C26H29F3N6O2/c27-26(28,29)23-17-21(3-6-24(23)32-37)31-20-7-10-33(11-8-20)12-9-25(36)35-15-13-34(14-16-35)22-4-1-19(18-30)2-5-22/h1-6,17,20,31H,7-16H2. The van der Waals surface area contributed by atoms with Crippen LogP contribution in [0.3, 0.4) is 0 Å². The number of nitriles is 1. The third kappa shape index (κ3) is 6.77. The van der Waals surface area contributed by atoms with Gasteiger partial charge in [0.2, 0.25) is 5.91 Å². The summed E-state index contributed by atoms with van der Waals surface area (Å²) in [5.41, 5.74) is 0.329. The molecule has 0 aliphatic carbocycles. The van der Waals surface area contributed by atoms with Crippen LogP contribution in [0.1, 0.15) is 30.4 Å². The number of piperazine rings is 1. The van der Waals surface area contributed by atoms with Gasteiger partial charge in [0.25, 0.3) is 0 Å². The van der Waals surface area contributed by atoms with Crippen molar-refractivity contribution in [2.75, 3.05) is 56.0 Å². The average Bonchev–Trinajstić information content (AvgIpc) is 2.92. The number of rotatable bonds is 7. The number of nitroso groups, excluding NO2 is 1. The maximum Gasteiger partial charge on any atom is 0.418 e. The van der Waals surface area contributed by atoms with E-state index in [0.29, 0.717) is 37.3 Å². The molecule has 0 spiro atoms. The third-order valence-electron chi connectivity index (χ3n) is 6.99. The van der Waals surface area contributed by atoms with Gasteiger partial charge in [-0.3, -0.25) is 4.79 Å². The molecule has 37 heavy (non-hydrogen) atoms. The fourth-order valence-corrected chi connectivity index (χ4v) is 4.84. The van der Waals surface area contributed by atoms with Gasteiger partial charge < -0.3 is 20.0 Å². The van der Waals surface area contributed by atoms with E-state index in [1.807, 2.05) is 17.0 Å². The number of amides is 1. The summed E-state index contributed by atoms with van der Waals surface area (Å²) in [6.07, 6.45) is -2.73. The molecule has 0 radical (unpaired) electrons. The summed E-state index contributed by atoms with van der Waals surface area (Å²) >= 11 is 0. The second kappa shape index (κ2) is 11.6. The third-order valence-corrected chi connectivity index (χ3v) is 6.99. The molecule has 2 fully saturated rings. The van der Waals surface area contributed by atoms with E-state index in [0.717, 1.165) is 56.8 Å². The fourth-order valence-electron chi connectivity index (χ4n) is 4.84. The number of halogens is 3. The molecule has 2 heterocycles. The second-order valence-corrected chi connectivity index (χ2v) is 9.36. The highest BCUT2D eigenvalue weighted by molar-refractivity contribution is 5.76. The molecule has 196 valence electrons. The highest BCUT2D eigenvalue weighted by Gasteiger charge is 2.34.